The summed E-state index contributed by atoms with van der Waals surface area (Å²) in [4.78, 5) is 12.3. The highest BCUT2D eigenvalue weighted by molar-refractivity contribution is 6.31. The van der Waals surface area contributed by atoms with E-state index in [0.717, 1.165) is 11.1 Å². The molecule has 0 fully saturated rings. The minimum Gasteiger partial charge on any atom is -0.497 e. The molecule has 0 radical (unpaired) electrons. The van der Waals surface area contributed by atoms with Crippen LogP contribution < -0.4 is 19.5 Å². The predicted octanol–water partition coefficient (Wildman–Crippen LogP) is 5.40. The highest BCUT2D eigenvalue weighted by atomic mass is 35.5. The van der Waals surface area contributed by atoms with Crippen molar-refractivity contribution in [2.45, 2.75) is 26.7 Å². The number of amides is 1. The summed E-state index contributed by atoms with van der Waals surface area (Å²) in [5, 5.41) is 3.33. The number of anilines is 1. The summed E-state index contributed by atoms with van der Waals surface area (Å²) in [6, 6.07) is 8.70. The second-order valence-electron chi connectivity index (χ2n) is 5.87. The molecule has 2 aromatic carbocycles. The molecular weight excluding hydrogens is 342 g/mol. The smallest absolute Gasteiger partial charge is 0.417 e. The van der Waals surface area contributed by atoms with E-state index in [1.54, 1.807) is 31.4 Å². The molecule has 25 heavy (non-hydrogen) atoms. The molecule has 0 atom stereocenters. The zero-order valence-corrected chi connectivity index (χ0v) is 15.7. The van der Waals surface area contributed by atoms with Crippen molar-refractivity contribution < 1.29 is 19.0 Å². The van der Waals surface area contributed by atoms with Gasteiger partial charge in [-0.3, -0.25) is 5.32 Å². The fraction of sp³-hybridized carbons (Fsp3) is 0.316. The Balaban J connectivity index is 2.22. The maximum absolute atomic E-state index is 12.3. The van der Waals surface area contributed by atoms with Gasteiger partial charge >= 0.3 is 6.09 Å². The summed E-state index contributed by atoms with van der Waals surface area (Å²) in [7, 11) is 3.08. The van der Waals surface area contributed by atoms with Crippen LogP contribution in [-0.4, -0.2) is 20.3 Å². The third kappa shape index (κ3) is 4.57. The van der Waals surface area contributed by atoms with Gasteiger partial charge in [0, 0.05) is 11.1 Å². The number of hydrogen-bond acceptors (Lipinski definition) is 4. The van der Waals surface area contributed by atoms with Crippen molar-refractivity contribution >= 4 is 23.4 Å². The molecule has 2 aromatic rings. The van der Waals surface area contributed by atoms with E-state index in [2.05, 4.69) is 5.32 Å². The van der Waals surface area contributed by atoms with E-state index in [-0.39, 0.29) is 5.92 Å². The molecule has 0 spiro atoms. The number of rotatable bonds is 5. The predicted molar refractivity (Wildman–Crippen MR) is 99.5 cm³/mol. The van der Waals surface area contributed by atoms with Gasteiger partial charge in [-0.2, -0.15) is 0 Å². The van der Waals surface area contributed by atoms with Crippen LogP contribution in [0.25, 0.3) is 0 Å². The lowest BCUT2D eigenvalue weighted by Crippen LogP contribution is -2.18. The Labute approximate surface area is 152 Å². The first kappa shape index (κ1) is 18.9. The molecule has 0 aliphatic rings. The minimum absolute atomic E-state index is 0.163. The lowest BCUT2D eigenvalue weighted by atomic mass is 10.0. The van der Waals surface area contributed by atoms with E-state index in [9.17, 15) is 4.79 Å². The van der Waals surface area contributed by atoms with Crippen molar-refractivity contribution in [1.82, 2.24) is 0 Å². The first-order valence-corrected chi connectivity index (χ1v) is 8.24. The Morgan fingerprint density at radius 1 is 1.08 bits per heavy atom. The Morgan fingerprint density at radius 2 is 1.80 bits per heavy atom. The molecule has 134 valence electrons. The molecule has 0 unspecified atom stereocenters. The average molecular weight is 364 g/mol. The van der Waals surface area contributed by atoms with Crippen molar-refractivity contribution in [3.63, 3.8) is 0 Å². The lowest BCUT2D eigenvalue weighted by molar-refractivity contribution is 0.214. The van der Waals surface area contributed by atoms with Crippen LogP contribution in [0.3, 0.4) is 0 Å². The largest absolute Gasteiger partial charge is 0.497 e. The number of benzene rings is 2. The van der Waals surface area contributed by atoms with E-state index in [1.807, 2.05) is 26.8 Å². The number of carbonyl (C=O) groups is 1. The molecule has 1 amide bonds. The van der Waals surface area contributed by atoms with Gasteiger partial charge in [0.2, 0.25) is 0 Å². The van der Waals surface area contributed by atoms with Crippen LogP contribution in [0, 0.1) is 6.92 Å². The summed E-state index contributed by atoms with van der Waals surface area (Å²) in [5.41, 5.74) is 2.20. The Kier molecular flexibility index (Phi) is 6.15. The molecule has 0 aliphatic heterocycles. The van der Waals surface area contributed by atoms with Crippen LogP contribution >= 0.6 is 11.6 Å². The zero-order valence-electron chi connectivity index (χ0n) is 15.0. The highest BCUT2D eigenvalue weighted by Gasteiger charge is 2.16. The van der Waals surface area contributed by atoms with Gasteiger partial charge in [0.05, 0.1) is 19.9 Å². The van der Waals surface area contributed by atoms with Gasteiger partial charge < -0.3 is 14.2 Å². The molecular formula is C19H22ClNO4. The maximum Gasteiger partial charge on any atom is 0.417 e. The lowest BCUT2D eigenvalue weighted by Gasteiger charge is -2.16. The van der Waals surface area contributed by atoms with Gasteiger partial charge in [0.15, 0.2) is 0 Å². The monoisotopic (exact) mass is 363 g/mol. The van der Waals surface area contributed by atoms with Gasteiger partial charge in [-0.25, -0.2) is 4.79 Å². The summed E-state index contributed by atoms with van der Waals surface area (Å²) in [5.74, 6) is 1.76. The first-order chi connectivity index (χ1) is 11.8. The van der Waals surface area contributed by atoms with Crippen LogP contribution in [0.2, 0.25) is 5.02 Å². The molecule has 0 saturated heterocycles. The maximum atomic E-state index is 12.3. The molecule has 0 heterocycles. The third-order valence-electron chi connectivity index (χ3n) is 3.76. The highest BCUT2D eigenvalue weighted by Crippen LogP contribution is 2.33. The molecule has 2 rings (SSSR count). The molecule has 0 aliphatic carbocycles. The van der Waals surface area contributed by atoms with Crippen molar-refractivity contribution in [2.24, 2.45) is 0 Å². The first-order valence-electron chi connectivity index (χ1n) is 7.86. The zero-order chi connectivity index (χ0) is 18.6. The van der Waals surface area contributed by atoms with Crippen LogP contribution in [0.4, 0.5) is 10.5 Å². The van der Waals surface area contributed by atoms with Crippen molar-refractivity contribution in [2.75, 3.05) is 19.5 Å². The molecule has 6 heteroatoms. The number of ether oxygens (including phenoxy) is 3. The Morgan fingerprint density at radius 3 is 2.40 bits per heavy atom. The van der Waals surface area contributed by atoms with Crippen molar-refractivity contribution in [1.29, 1.82) is 0 Å². The normalized spacial score (nSPS) is 10.5. The summed E-state index contributed by atoms with van der Waals surface area (Å²) < 4.78 is 15.9. The number of hydrogen-bond donors (Lipinski definition) is 1. The van der Waals surface area contributed by atoms with E-state index < -0.39 is 6.09 Å². The third-order valence-corrected chi connectivity index (χ3v) is 4.17. The fourth-order valence-corrected chi connectivity index (χ4v) is 2.52. The van der Waals surface area contributed by atoms with Gasteiger partial charge in [0.25, 0.3) is 0 Å². The number of carbonyl (C=O) groups excluding carboxylic acids is 1. The number of methoxy groups -OCH3 is 2. The summed E-state index contributed by atoms with van der Waals surface area (Å²) >= 11 is 6.18. The summed E-state index contributed by atoms with van der Waals surface area (Å²) in [6.07, 6.45) is -0.605. The van der Waals surface area contributed by atoms with E-state index in [1.165, 1.54) is 7.11 Å². The average Bonchev–Trinajstić information content (AvgIpc) is 2.57. The fourth-order valence-electron chi connectivity index (χ4n) is 2.35. The molecule has 0 saturated carbocycles. The molecule has 0 bridgehead atoms. The SMILES string of the molecule is COc1ccc(NC(=O)Oc2cc(C)c(Cl)cc2C(C)C)c(OC)c1. The van der Waals surface area contributed by atoms with Crippen LogP contribution in [0.15, 0.2) is 30.3 Å². The van der Waals surface area contributed by atoms with Crippen molar-refractivity contribution in [3.05, 3.63) is 46.5 Å². The number of halogens is 1. The molecule has 1 N–H and O–H groups in total. The van der Waals surface area contributed by atoms with E-state index in [0.29, 0.717) is 28.0 Å². The Hall–Kier alpha value is -2.40. The quantitative estimate of drug-likeness (QED) is 0.772. The van der Waals surface area contributed by atoms with Crippen molar-refractivity contribution in [3.8, 4) is 17.2 Å². The van der Waals surface area contributed by atoms with Gasteiger partial charge in [0.1, 0.15) is 17.2 Å². The second-order valence-corrected chi connectivity index (χ2v) is 6.28. The van der Waals surface area contributed by atoms with E-state index in [4.69, 9.17) is 25.8 Å². The van der Waals surface area contributed by atoms with Crippen LogP contribution in [0.1, 0.15) is 30.9 Å². The Bertz CT molecular complexity index is 774. The minimum atomic E-state index is -0.605. The number of nitrogens with one attached hydrogen (secondary N) is 1. The van der Waals surface area contributed by atoms with Crippen LogP contribution in [-0.2, 0) is 0 Å². The van der Waals surface area contributed by atoms with Gasteiger partial charge in [-0.1, -0.05) is 25.4 Å². The molecule has 5 nitrogen and oxygen atoms in total. The number of aryl methyl sites for hydroxylation is 1. The second kappa shape index (κ2) is 8.12. The van der Waals surface area contributed by atoms with E-state index >= 15 is 0 Å². The van der Waals surface area contributed by atoms with Gasteiger partial charge in [-0.05, 0) is 48.2 Å². The van der Waals surface area contributed by atoms with Crippen LogP contribution in [0.5, 0.6) is 17.2 Å². The standard InChI is InChI=1S/C19H22ClNO4/c1-11(2)14-10-15(20)12(3)8-17(14)25-19(22)21-16-7-6-13(23-4)9-18(16)24-5/h6-11H,1-5H3,(H,21,22). The summed E-state index contributed by atoms with van der Waals surface area (Å²) in [6.45, 7) is 5.89. The topological polar surface area (TPSA) is 56.8 Å². The van der Waals surface area contributed by atoms with Gasteiger partial charge in [-0.15, -0.1) is 0 Å². The molecule has 0 aromatic heterocycles.